The lowest BCUT2D eigenvalue weighted by atomic mass is 10.1. The maximum Gasteiger partial charge on any atom is 0.257 e. The van der Waals surface area contributed by atoms with Crippen LogP contribution in [-0.2, 0) is 4.79 Å². The molecule has 0 bridgehead atoms. The lowest BCUT2D eigenvalue weighted by molar-refractivity contribution is -0.125. The third kappa shape index (κ3) is 4.33. The average Bonchev–Trinajstić information content (AvgIpc) is 3.30. The van der Waals surface area contributed by atoms with E-state index in [4.69, 9.17) is 11.6 Å². The molecule has 1 aliphatic heterocycles. The molecule has 144 valence electrons. The van der Waals surface area contributed by atoms with E-state index in [0.29, 0.717) is 22.3 Å². The molecule has 1 aromatic heterocycles. The van der Waals surface area contributed by atoms with E-state index in [1.165, 1.54) is 0 Å². The van der Waals surface area contributed by atoms with Gasteiger partial charge in [0.15, 0.2) is 0 Å². The molecule has 3 rings (SSSR count). The first-order valence-electron chi connectivity index (χ1n) is 8.92. The van der Waals surface area contributed by atoms with Crippen LogP contribution in [0.5, 0.6) is 0 Å². The molecule has 27 heavy (non-hydrogen) atoms. The molecule has 3 atom stereocenters. The lowest BCUT2D eigenvalue weighted by Crippen LogP contribution is -2.50. The van der Waals surface area contributed by atoms with E-state index in [2.05, 4.69) is 19.2 Å². The van der Waals surface area contributed by atoms with Crippen molar-refractivity contribution in [2.24, 2.45) is 5.92 Å². The van der Waals surface area contributed by atoms with Gasteiger partial charge in [-0.2, -0.15) is 0 Å². The highest BCUT2D eigenvalue weighted by Crippen LogP contribution is 2.44. The van der Waals surface area contributed by atoms with Crippen molar-refractivity contribution in [3.05, 3.63) is 57.2 Å². The first kappa shape index (κ1) is 20.2. The summed E-state index contributed by atoms with van der Waals surface area (Å²) in [4.78, 5) is 29.1. The van der Waals surface area contributed by atoms with Crippen molar-refractivity contribution in [1.82, 2.24) is 10.2 Å². The Morgan fingerprint density at radius 1 is 1.19 bits per heavy atom. The van der Waals surface area contributed by atoms with Gasteiger partial charge in [0.25, 0.3) is 5.91 Å². The quantitative estimate of drug-likeness (QED) is 0.751. The Bertz CT molecular complexity index is 810. The number of thioether (sulfide) groups is 1. The molecule has 0 aliphatic carbocycles. The molecule has 1 aliphatic rings. The summed E-state index contributed by atoms with van der Waals surface area (Å²) in [5.41, 5.74) is 0.429. The number of rotatable bonds is 5. The average molecular weight is 423 g/mol. The van der Waals surface area contributed by atoms with Crippen molar-refractivity contribution in [3.8, 4) is 0 Å². The van der Waals surface area contributed by atoms with E-state index < -0.39 is 6.04 Å². The van der Waals surface area contributed by atoms with Gasteiger partial charge < -0.3 is 10.2 Å². The molecular weight excluding hydrogens is 400 g/mol. The second-order valence-electron chi connectivity index (χ2n) is 6.95. The molecule has 0 spiro atoms. The summed E-state index contributed by atoms with van der Waals surface area (Å²) in [5.74, 6) is 0.573. The van der Waals surface area contributed by atoms with Crippen molar-refractivity contribution >= 4 is 46.5 Å². The van der Waals surface area contributed by atoms with Crippen molar-refractivity contribution in [2.45, 2.75) is 38.2 Å². The predicted molar refractivity (Wildman–Crippen MR) is 113 cm³/mol. The molecule has 4 nitrogen and oxygen atoms in total. The van der Waals surface area contributed by atoms with Crippen LogP contribution in [-0.4, -0.2) is 34.6 Å². The fourth-order valence-corrected chi connectivity index (χ4v) is 5.48. The first-order valence-corrected chi connectivity index (χ1v) is 11.2. The summed E-state index contributed by atoms with van der Waals surface area (Å²) in [6.45, 7) is 6.12. The summed E-state index contributed by atoms with van der Waals surface area (Å²) in [6, 6.07) is 10.5. The van der Waals surface area contributed by atoms with Gasteiger partial charge in [-0.25, -0.2) is 0 Å². The molecule has 2 heterocycles. The highest BCUT2D eigenvalue weighted by Gasteiger charge is 2.43. The van der Waals surface area contributed by atoms with Crippen LogP contribution < -0.4 is 5.32 Å². The van der Waals surface area contributed by atoms with Crippen molar-refractivity contribution in [3.63, 3.8) is 0 Å². The highest BCUT2D eigenvalue weighted by atomic mass is 35.5. The van der Waals surface area contributed by atoms with Gasteiger partial charge in [-0.3, -0.25) is 9.59 Å². The SMILES string of the molecule is CC(C)C(C)NC(=O)C1CSC(c2cccs2)N1C(=O)c1ccccc1Cl. The Morgan fingerprint density at radius 2 is 1.93 bits per heavy atom. The fourth-order valence-electron chi connectivity index (χ4n) is 2.87. The van der Waals surface area contributed by atoms with E-state index >= 15 is 0 Å². The summed E-state index contributed by atoms with van der Waals surface area (Å²) in [5, 5.41) is 5.27. The van der Waals surface area contributed by atoms with Gasteiger partial charge in [-0.1, -0.05) is 43.6 Å². The zero-order valence-electron chi connectivity index (χ0n) is 15.5. The number of amides is 2. The van der Waals surface area contributed by atoms with Crippen LogP contribution in [0.15, 0.2) is 41.8 Å². The number of carbonyl (C=O) groups excluding carboxylic acids is 2. The zero-order chi connectivity index (χ0) is 19.6. The smallest absolute Gasteiger partial charge is 0.257 e. The molecule has 1 saturated heterocycles. The van der Waals surface area contributed by atoms with Crippen LogP contribution >= 0.6 is 34.7 Å². The third-order valence-electron chi connectivity index (χ3n) is 4.80. The summed E-state index contributed by atoms with van der Waals surface area (Å²) in [7, 11) is 0. The van der Waals surface area contributed by atoms with Gasteiger partial charge in [0, 0.05) is 16.7 Å². The van der Waals surface area contributed by atoms with Crippen molar-refractivity contribution < 1.29 is 9.59 Å². The van der Waals surface area contributed by atoms with Crippen LogP contribution in [0.1, 0.15) is 41.4 Å². The summed E-state index contributed by atoms with van der Waals surface area (Å²) < 4.78 is 0. The fraction of sp³-hybridized carbons (Fsp3) is 0.400. The van der Waals surface area contributed by atoms with Gasteiger partial charge >= 0.3 is 0 Å². The monoisotopic (exact) mass is 422 g/mol. The van der Waals surface area contributed by atoms with Crippen LogP contribution in [0.3, 0.4) is 0 Å². The molecule has 1 fully saturated rings. The minimum absolute atomic E-state index is 0.0422. The molecular formula is C20H23ClN2O2S2. The minimum atomic E-state index is -0.521. The Morgan fingerprint density at radius 3 is 2.56 bits per heavy atom. The normalized spacial score (nSPS) is 20.7. The molecule has 0 saturated carbocycles. The molecule has 1 aromatic carbocycles. The number of halogens is 1. The minimum Gasteiger partial charge on any atom is -0.352 e. The van der Waals surface area contributed by atoms with Gasteiger partial charge in [0.05, 0.1) is 10.6 Å². The number of carbonyl (C=O) groups is 2. The van der Waals surface area contributed by atoms with Crippen molar-refractivity contribution in [1.29, 1.82) is 0 Å². The van der Waals surface area contributed by atoms with E-state index in [0.717, 1.165) is 4.88 Å². The zero-order valence-corrected chi connectivity index (χ0v) is 17.9. The third-order valence-corrected chi connectivity index (χ3v) is 7.51. The standard InChI is InChI=1S/C20H23ClN2O2S2/c1-12(2)13(3)22-18(24)16-11-27-20(17-9-6-10-26-17)23(16)19(25)14-7-4-5-8-15(14)21/h4-10,12-13,16,20H,11H2,1-3H3,(H,22,24). The number of nitrogens with zero attached hydrogens (tertiary/aromatic N) is 1. The van der Waals surface area contributed by atoms with E-state index in [-0.39, 0.29) is 23.2 Å². The van der Waals surface area contributed by atoms with Crippen molar-refractivity contribution in [2.75, 3.05) is 5.75 Å². The Balaban J connectivity index is 1.92. The molecule has 3 unspecified atom stereocenters. The van der Waals surface area contributed by atoms with Crippen LogP contribution in [0.2, 0.25) is 5.02 Å². The molecule has 2 aromatic rings. The van der Waals surface area contributed by atoms with Gasteiger partial charge in [-0.05, 0) is 36.4 Å². The van der Waals surface area contributed by atoms with Gasteiger partial charge in [0.2, 0.25) is 5.91 Å². The van der Waals surface area contributed by atoms with Gasteiger partial charge in [-0.15, -0.1) is 23.1 Å². The van der Waals surface area contributed by atoms with Gasteiger partial charge in [0.1, 0.15) is 11.4 Å². The first-order chi connectivity index (χ1) is 12.9. The number of hydrogen-bond acceptors (Lipinski definition) is 4. The maximum absolute atomic E-state index is 13.4. The molecule has 7 heteroatoms. The molecule has 2 amide bonds. The number of hydrogen-bond donors (Lipinski definition) is 1. The maximum atomic E-state index is 13.4. The number of nitrogens with one attached hydrogen (secondary N) is 1. The summed E-state index contributed by atoms with van der Waals surface area (Å²) in [6.07, 6.45) is 0. The topological polar surface area (TPSA) is 49.4 Å². The predicted octanol–water partition coefficient (Wildman–Crippen LogP) is 4.82. The second-order valence-corrected chi connectivity index (χ2v) is 9.45. The Kier molecular flexibility index (Phi) is 6.50. The largest absolute Gasteiger partial charge is 0.352 e. The lowest BCUT2D eigenvalue weighted by Gasteiger charge is -2.30. The summed E-state index contributed by atoms with van der Waals surface area (Å²) >= 11 is 9.49. The Hall–Kier alpha value is -1.50. The molecule has 0 radical (unpaired) electrons. The van der Waals surface area contributed by atoms with Crippen LogP contribution in [0.4, 0.5) is 0 Å². The number of thiophene rings is 1. The molecule has 1 N–H and O–H groups in total. The second kappa shape index (κ2) is 8.67. The van der Waals surface area contributed by atoms with Crippen LogP contribution in [0.25, 0.3) is 0 Å². The van der Waals surface area contributed by atoms with E-state index in [1.54, 1.807) is 52.3 Å². The van der Waals surface area contributed by atoms with E-state index in [9.17, 15) is 9.59 Å². The van der Waals surface area contributed by atoms with Crippen LogP contribution in [0, 0.1) is 5.92 Å². The van der Waals surface area contributed by atoms with E-state index in [1.807, 2.05) is 24.4 Å². The highest BCUT2D eigenvalue weighted by molar-refractivity contribution is 7.99. The Labute approximate surface area is 173 Å². The number of benzene rings is 1.